The van der Waals surface area contributed by atoms with Gasteiger partial charge in [-0.1, -0.05) is 46.3 Å². The quantitative estimate of drug-likeness (QED) is 0.0552. The predicted octanol–water partition coefficient (Wildman–Crippen LogP) is 13.3. The lowest BCUT2D eigenvalue weighted by Crippen LogP contribution is -2.10. The molecule has 11 rings (SSSR count). The van der Waals surface area contributed by atoms with Gasteiger partial charge in [0.1, 0.15) is 51.7 Å². The Morgan fingerprint density at radius 3 is 1.14 bits per heavy atom. The van der Waals surface area contributed by atoms with Crippen LogP contribution in [0, 0.1) is 0 Å². The monoisotopic (exact) mass is 1200 g/mol. The van der Waals surface area contributed by atoms with Crippen molar-refractivity contribution in [3.05, 3.63) is 191 Å². The predicted molar refractivity (Wildman–Crippen MR) is 314 cm³/mol. The van der Waals surface area contributed by atoms with Crippen molar-refractivity contribution in [2.24, 2.45) is 17.2 Å². The van der Waals surface area contributed by atoms with Gasteiger partial charge < -0.3 is 46.0 Å². The van der Waals surface area contributed by atoms with E-state index in [1.165, 1.54) is 58.0 Å². The molecule has 0 unspecified atom stereocenters. The van der Waals surface area contributed by atoms with E-state index < -0.39 is 23.7 Å². The maximum absolute atomic E-state index is 12.5. The van der Waals surface area contributed by atoms with Gasteiger partial charge in [0.15, 0.2) is 0 Å². The number of rotatable bonds is 19. The van der Waals surface area contributed by atoms with Gasteiger partial charge in [0.25, 0.3) is 0 Å². The molecule has 2 saturated carbocycles. The number of esters is 2. The second-order valence-corrected chi connectivity index (χ2v) is 22.6. The normalized spacial score (nSPS) is 12.6. The van der Waals surface area contributed by atoms with Crippen LogP contribution < -0.4 is 31.4 Å². The highest BCUT2D eigenvalue weighted by Gasteiger charge is 2.31. The van der Waals surface area contributed by atoms with Crippen LogP contribution in [0.1, 0.15) is 139 Å². The Hall–Kier alpha value is -8.10. The molecule has 0 aliphatic heterocycles. The molecule has 0 atom stereocenters. The zero-order valence-electron chi connectivity index (χ0n) is 43.4. The van der Waals surface area contributed by atoms with E-state index >= 15 is 0 Å². The molecule has 2 fully saturated rings. The molecule has 15 nitrogen and oxygen atoms in total. The number of ether oxygens (including phenoxy) is 5. The number of amides is 3. The molecule has 7 N–H and O–H groups in total. The van der Waals surface area contributed by atoms with Crippen LogP contribution in [0.3, 0.4) is 0 Å². The number of primary amides is 3. The molecule has 0 bridgehead atoms. The molecule has 3 heterocycles. The number of aromatic carboxylic acids is 1. The standard InChI is InChI=1S/C22H21NO4S.C20H17NO4S.C19H16BrNO4S/c1-2-26-22(25)20-17(12-27-15-10-8-14(9-11-15)21(23)24)19-16(13-6-7-13)4-3-5-18(19)28-20;21-19(22)12-6-8-13(9-7-12)25-10-15-17-14(11-4-5-11)2-1-3-16(17)26-18(15)20(23)24;1-2-24-19(23)17-13(16-14(20)4-3-5-15(16)26-17)10-25-12-8-6-11(7-9-12)18(21)22/h3-5,8-11,13H,2,6-7,12H2,1H3,(H2,23,24);1-3,6-9,11H,4-5,10H2,(H2,21,22)(H,23,24);3-9H,2,10H2,1H3,(H2,21,22). The molecule has 3 amide bonds. The summed E-state index contributed by atoms with van der Waals surface area (Å²) in [6.07, 6.45) is 4.65. The second kappa shape index (κ2) is 25.3. The van der Waals surface area contributed by atoms with Gasteiger partial charge in [-0.25, -0.2) is 14.4 Å². The fraction of sp³-hybridized carbons (Fsp3) is 0.213. The molecule has 0 spiro atoms. The van der Waals surface area contributed by atoms with Crippen LogP contribution in [-0.2, 0) is 29.3 Å². The van der Waals surface area contributed by atoms with Gasteiger partial charge in [-0.15, -0.1) is 34.0 Å². The van der Waals surface area contributed by atoms with Crippen molar-refractivity contribution >= 4 is 116 Å². The summed E-state index contributed by atoms with van der Waals surface area (Å²) in [5.41, 5.74) is 21.9. The van der Waals surface area contributed by atoms with Crippen LogP contribution in [0.4, 0.5) is 0 Å². The summed E-state index contributed by atoms with van der Waals surface area (Å²) in [4.78, 5) is 71.6. The summed E-state index contributed by atoms with van der Waals surface area (Å²) in [5, 5.41) is 12.7. The highest BCUT2D eigenvalue weighted by atomic mass is 79.9. The van der Waals surface area contributed by atoms with E-state index in [2.05, 4.69) is 34.1 Å². The van der Waals surface area contributed by atoms with E-state index in [9.17, 15) is 33.9 Å². The first-order valence-electron chi connectivity index (χ1n) is 25.6. The maximum atomic E-state index is 12.5. The van der Waals surface area contributed by atoms with Gasteiger partial charge in [0.05, 0.1) is 13.2 Å². The Morgan fingerprint density at radius 2 is 0.800 bits per heavy atom. The van der Waals surface area contributed by atoms with Crippen molar-refractivity contribution < 1.29 is 57.6 Å². The Bertz CT molecular complexity index is 3790. The Labute approximate surface area is 480 Å². The first-order chi connectivity index (χ1) is 38.6. The molecule has 0 saturated heterocycles. The van der Waals surface area contributed by atoms with Gasteiger partial charge in [-0.2, -0.15) is 0 Å². The minimum Gasteiger partial charge on any atom is -0.489 e. The molecule has 3 aromatic heterocycles. The molecule has 6 aromatic carbocycles. The van der Waals surface area contributed by atoms with E-state index in [-0.39, 0.29) is 31.8 Å². The number of carbonyl (C=O) groups excluding carboxylic acids is 5. The minimum absolute atomic E-state index is 0.168. The van der Waals surface area contributed by atoms with E-state index in [1.807, 2.05) is 36.4 Å². The summed E-state index contributed by atoms with van der Waals surface area (Å²) >= 11 is 7.68. The Balaban J connectivity index is 0.000000145. The molecule has 80 heavy (non-hydrogen) atoms. The van der Waals surface area contributed by atoms with Crippen LogP contribution >= 0.6 is 49.9 Å². The van der Waals surface area contributed by atoms with Crippen molar-refractivity contribution in [2.75, 3.05) is 13.2 Å². The minimum atomic E-state index is -0.935. The SMILES string of the molecule is CCOC(=O)c1sc2cccc(Br)c2c1COc1ccc(C(N)=O)cc1.CCOC(=O)c1sc2cccc(C3CC3)c2c1COc1ccc(C(N)=O)cc1.NC(=O)c1ccc(OCc2c(C(=O)O)sc3cccc(C4CC4)c23)cc1. The second-order valence-electron chi connectivity index (χ2n) is 18.6. The third-order valence-corrected chi connectivity index (χ3v) is 17.4. The van der Waals surface area contributed by atoms with E-state index in [1.54, 1.807) is 86.6 Å². The number of carboxylic acid groups (broad SMARTS) is 1. The summed E-state index contributed by atoms with van der Waals surface area (Å²) in [5.74, 6) is -0.239. The van der Waals surface area contributed by atoms with Crippen molar-refractivity contribution in [1.29, 1.82) is 0 Å². The molecule has 410 valence electrons. The molecular weight excluding hydrogens is 1140 g/mol. The average molecular weight is 1200 g/mol. The number of hydrogen-bond donors (Lipinski definition) is 4. The lowest BCUT2D eigenvalue weighted by atomic mass is 10.0. The number of fused-ring (bicyclic) bond motifs is 3. The van der Waals surface area contributed by atoms with Crippen molar-refractivity contribution in [3.8, 4) is 17.2 Å². The first kappa shape index (κ1) is 56.6. The molecular formula is C61H54BrN3O12S3. The molecule has 19 heteroatoms. The van der Waals surface area contributed by atoms with Crippen molar-refractivity contribution in [3.63, 3.8) is 0 Å². The van der Waals surface area contributed by atoms with Crippen molar-refractivity contribution in [1.82, 2.24) is 0 Å². The fourth-order valence-corrected chi connectivity index (χ4v) is 13.1. The Morgan fingerprint density at radius 1 is 0.475 bits per heavy atom. The van der Waals surface area contributed by atoms with E-state index in [4.69, 9.17) is 40.9 Å². The number of benzene rings is 6. The molecule has 2 aliphatic rings. The lowest BCUT2D eigenvalue weighted by molar-refractivity contribution is 0.0520. The summed E-state index contributed by atoms with van der Waals surface area (Å²) < 4.78 is 32.0. The maximum Gasteiger partial charge on any atom is 0.348 e. The highest BCUT2D eigenvalue weighted by Crippen LogP contribution is 2.48. The largest absolute Gasteiger partial charge is 0.489 e. The number of carboxylic acids is 1. The zero-order valence-corrected chi connectivity index (χ0v) is 47.5. The van der Waals surface area contributed by atoms with Crippen LogP contribution in [0.25, 0.3) is 30.3 Å². The number of hydrogen-bond acceptors (Lipinski definition) is 14. The van der Waals surface area contributed by atoms with Crippen LogP contribution in [0.15, 0.2) is 132 Å². The van der Waals surface area contributed by atoms with Gasteiger partial charge in [0.2, 0.25) is 17.7 Å². The molecule has 9 aromatic rings. The summed E-state index contributed by atoms with van der Waals surface area (Å²) in [7, 11) is 0. The fourth-order valence-electron chi connectivity index (χ4n) is 9.04. The third kappa shape index (κ3) is 13.1. The lowest BCUT2D eigenvalue weighted by Gasteiger charge is -2.10. The smallest absolute Gasteiger partial charge is 0.348 e. The average Bonchev–Trinajstić information content (AvgIpc) is 4.39. The van der Waals surface area contributed by atoms with Crippen LogP contribution in [0.5, 0.6) is 17.2 Å². The number of halogens is 1. The van der Waals surface area contributed by atoms with E-state index in [0.717, 1.165) is 64.3 Å². The topological polar surface area (TPSA) is 247 Å². The van der Waals surface area contributed by atoms with Crippen LogP contribution in [-0.4, -0.2) is 53.9 Å². The van der Waals surface area contributed by atoms with Crippen LogP contribution in [0.2, 0.25) is 0 Å². The Kier molecular flexibility index (Phi) is 17.9. The highest BCUT2D eigenvalue weighted by molar-refractivity contribution is 9.10. The van der Waals surface area contributed by atoms with Gasteiger partial charge >= 0.3 is 17.9 Å². The summed E-state index contributed by atoms with van der Waals surface area (Å²) in [6.45, 7) is 4.84. The van der Waals surface area contributed by atoms with E-state index in [0.29, 0.717) is 73.6 Å². The van der Waals surface area contributed by atoms with Gasteiger partial charge in [-0.3, -0.25) is 14.4 Å². The number of carbonyl (C=O) groups is 6. The third-order valence-electron chi connectivity index (χ3n) is 13.2. The van der Waals surface area contributed by atoms with Gasteiger partial charge in [0, 0.05) is 68.1 Å². The van der Waals surface area contributed by atoms with Crippen molar-refractivity contribution in [2.45, 2.75) is 71.2 Å². The molecule has 2 aliphatic carbocycles. The zero-order chi connectivity index (χ0) is 56.6. The number of thiophene rings is 3. The van der Waals surface area contributed by atoms with Gasteiger partial charge in [-0.05, 0) is 160 Å². The summed E-state index contributed by atoms with van der Waals surface area (Å²) in [6, 6.07) is 37.8. The first-order valence-corrected chi connectivity index (χ1v) is 28.8. The molecule has 0 radical (unpaired) electrons. The number of nitrogens with two attached hydrogens (primary N) is 3.